The molecule has 20 heavy (non-hydrogen) atoms. The van der Waals surface area contributed by atoms with E-state index in [0.29, 0.717) is 6.54 Å². The first-order valence-corrected chi connectivity index (χ1v) is 7.14. The van der Waals surface area contributed by atoms with Crippen LogP contribution in [0.2, 0.25) is 5.02 Å². The van der Waals surface area contributed by atoms with Gasteiger partial charge in [-0.15, -0.1) is 0 Å². The number of benzene rings is 1. The van der Waals surface area contributed by atoms with E-state index >= 15 is 0 Å². The molecule has 0 aliphatic rings. The van der Waals surface area contributed by atoms with Crippen molar-refractivity contribution < 1.29 is 0 Å². The van der Waals surface area contributed by atoms with Gasteiger partial charge in [0.25, 0.3) is 0 Å². The summed E-state index contributed by atoms with van der Waals surface area (Å²) in [4.78, 5) is 6.59. The van der Waals surface area contributed by atoms with Crippen LogP contribution in [0.1, 0.15) is 17.3 Å². The molecule has 0 aliphatic carbocycles. The van der Waals surface area contributed by atoms with E-state index in [1.54, 1.807) is 0 Å². The number of nitrogens with zero attached hydrogens (tertiary/aromatic N) is 2. The number of aromatic nitrogens is 1. The van der Waals surface area contributed by atoms with Gasteiger partial charge in [-0.1, -0.05) is 29.8 Å². The zero-order valence-corrected chi connectivity index (χ0v) is 12.4. The molecule has 0 amide bonds. The minimum absolute atomic E-state index is 0.178. The minimum atomic E-state index is 0.178. The summed E-state index contributed by atoms with van der Waals surface area (Å²) in [6.45, 7) is 1.48. The van der Waals surface area contributed by atoms with Gasteiger partial charge in [0.05, 0.1) is 0 Å². The predicted molar refractivity (Wildman–Crippen MR) is 83.8 cm³/mol. The molecule has 3 nitrogen and oxygen atoms in total. The molecular weight excluding hydrogens is 270 g/mol. The fourth-order valence-corrected chi connectivity index (χ4v) is 2.48. The van der Waals surface area contributed by atoms with Crippen molar-refractivity contribution in [2.45, 2.75) is 12.5 Å². The van der Waals surface area contributed by atoms with Crippen LogP contribution >= 0.6 is 11.6 Å². The SMILES string of the molecule is CN(CCc1ccccn1)C(CN)c1cccc(Cl)c1. The zero-order valence-electron chi connectivity index (χ0n) is 11.7. The van der Waals surface area contributed by atoms with Gasteiger partial charge >= 0.3 is 0 Å². The standard InChI is InChI=1S/C16H20ClN3/c1-20(10-8-15-7-2-3-9-19-15)16(12-18)13-5-4-6-14(17)11-13/h2-7,9,11,16H,8,10,12,18H2,1H3. The van der Waals surface area contributed by atoms with Gasteiger partial charge in [0.2, 0.25) is 0 Å². The number of hydrogen-bond donors (Lipinski definition) is 1. The maximum absolute atomic E-state index is 6.05. The van der Waals surface area contributed by atoms with Gasteiger partial charge in [-0.05, 0) is 36.9 Å². The van der Waals surface area contributed by atoms with Crippen LogP contribution in [0.25, 0.3) is 0 Å². The number of nitrogens with two attached hydrogens (primary N) is 1. The van der Waals surface area contributed by atoms with Crippen molar-refractivity contribution in [1.82, 2.24) is 9.88 Å². The third-order valence-corrected chi connectivity index (χ3v) is 3.67. The van der Waals surface area contributed by atoms with Crippen molar-refractivity contribution in [2.24, 2.45) is 5.73 Å². The molecule has 0 saturated heterocycles. The lowest BCUT2D eigenvalue weighted by Crippen LogP contribution is -2.32. The first-order valence-electron chi connectivity index (χ1n) is 6.76. The molecule has 2 N–H and O–H groups in total. The minimum Gasteiger partial charge on any atom is -0.329 e. The van der Waals surface area contributed by atoms with Crippen LogP contribution in [0.5, 0.6) is 0 Å². The summed E-state index contributed by atoms with van der Waals surface area (Å²) in [6, 6.07) is 14.1. The van der Waals surface area contributed by atoms with Crippen molar-refractivity contribution in [3.05, 3.63) is 64.9 Å². The second-order valence-electron chi connectivity index (χ2n) is 4.86. The lowest BCUT2D eigenvalue weighted by atomic mass is 10.1. The molecule has 4 heteroatoms. The number of hydrogen-bond acceptors (Lipinski definition) is 3. The highest BCUT2D eigenvalue weighted by molar-refractivity contribution is 6.30. The Labute approximate surface area is 125 Å². The first-order chi connectivity index (χ1) is 9.70. The Balaban J connectivity index is 2.00. The number of rotatable bonds is 6. The van der Waals surface area contributed by atoms with Gasteiger partial charge in [-0.25, -0.2) is 0 Å². The first kappa shape index (κ1) is 15.0. The summed E-state index contributed by atoms with van der Waals surface area (Å²) >= 11 is 6.05. The fourth-order valence-electron chi connectivity index (χ4n) is 2.28. The van der Waals surface area contributed by atoms with Crippen LogP contribution < -0.4 is 5.73 Å². The second-order valence-corrected chi connectivity index (χ2v) is 5.29. The summed E-state index contributed by atoms with van der Waals surface area (Å²) in [5, 5.41) is 0.749. The molecule has 1 aromatic heterocycles. The Kier molecular flexibility index (Phi) is 5.53. The molecule has 106 valence electrons. The highest BCUT2D eigenvalue weighted by Gasteiger charge is 2.15. The van der Waals surface area contributed by atoms with Crippen molar-refractivity contribution in [3.63, 3.8) is 0 Å². The van der Waals surface area contributed by atoms with Gasteiger partial charge in [0, 0.05) is 42.5 Å². The maximum atomic E-state index is 6.05. The number of likely N-dealkylation sites (N-methyl/N-ethyl adjacent to an activating group) is 1. The average molecular weight is 290 g/mol. The van der Waals surface area contributed by atoms with Crippen LogP contribution in [0.15, 0.2) is 48.7 Å². The Bertz CT molecular complexity index is 530. The van der Waals surface area contributed by atoms with E-state index in [9.17, 15) is 0 Å². The van der Waals surface area contributed by atoms with Crippen molar-refractivity contribution in [2.75, 3.05) is 20.1 Å². The molecule has 0 aliphatic heterocycles. The van der Waals surface area contributed by atoms with E-state index in [2.05, 4.69) is 23.0 Å². The average Bonchev–Trinajstić information content (AvgIpc) is 2.47. The molecule has 0 bridgehead atoms. The van der Waals surface area contributed by atoms with Crippen molar-refractivity contribution in [1.29, 1.82) is 0 Å². The Morgan fingerprint density at radius 3 is 2.75 bits per heavy atom. The number of pyridine rings is 1. The molecule has 0 fully saturated rings. The quantitative estimate of drug-likeness (QED) is 0.889. The Morgan fingerprint density at radius 2 is 2.10 bits per heavy atom. The molecule has 0 saturated carbocycles. The highest BCUT2D eigenvalue weighted by atomic mass is 35.5. The molecule has 2 rings (SSSR count). The van der Waals surface area contributed by atoms with Gasteiger partial charge < -0.3 is 5.73 Å². The number of halogens is 1. The van der Waals surface area contributed by atoms with E-state index in [1.807, 2.05) is 42.6 Å². The van der Waals surface area contributed by atoms with E-state index in [1.165, 1.54) is 0 Å². The molecule has 2 aromatic rings. The highest BCUT2D eigenvalue weighted by Crippen LogP contribution is 2.21. The summed E-state index contributed by atoms with van der Waals surface area (Å²) in [7, 11) is 2.08. The van der Waals surface area contributed by atoms with Crippen LogP contribution in [-0.2, 0) is 6.42 Å². The van der Waals surface area contributed by atoms with E-state index in [0.717, 1.165) is 29.2 Å². The summed E-state index contributed by atoms with van der Waals surface area (Å²) < 4.78 is 0. The third kappa shape index (κ3) is 4.04. The summed E-state index contributed by atoms with van der Waals surface area (Å²) in [5.74, 6) is 0. The maximum Gasteiger partial charge on any atom is 0.0468 e. The molecule has 0 spiro atoms. The predicted octanol–water partition coefficient (Wildman–Crippen LogP) is 2.91. The molecule has 1 aromatic carbocycles. The zero-order chi connectivity index (χ0) is 14.4. The van der Waals surface area contributed by atoms with E-state index in [4.69, 9.17) is 17.3 Å². The van der Waals surface area contributed by atoms with Gasteiger partial charge in [-0.3, -0.25) is 9.88 Å². The van der Waals surface area contributed by atoms with E-state index in [-0.39, 0.29) is 6.04 Å². The fraction of sp³-hybridized carbons (Fsp3) is 0.312. The lowest BCUT2D eigenvalue weighted by molar-refractivity contribution is 0.252. The van der Waals surface area contributed by atoms with Gasteiger partial charge in [0.15, 0.2) is 0 Å². The molecule has 0 radical (unpaired) electrons. The van der Waals surface area contributed by atoms with Crippen molar-refractivity contribution >= 4 is 11.6 Å². The van der Waals surface area contributed by atoms with Gasteiger partial charge in [-0.2, -0.15) is 0 Å². The van der Waals surface area contributed by atoms with Crippen LogP contribution in [0, 0.1) is 0 Å². The van der Waals surface area contributed by atoms with Crippen LogP contribution in [0.3, 0.4) is 0 Å². The topological polar surface area (TPSA) is 42.2 Å². The smallest absolute Gasteiger partial charge is 0.0468 e. The molecule has 1 heterocycles. The normalized spacial score (nSPS) is 12.6. The lowest BCUT2D eigenvalue weighted by Gasteiger charge is -2.27. The van der Waals surface area contributed by atoms with Crippen LogP contribution in [-0.4, -0.2) is 30.0 Å². The van der Waals surface area contributed by atoms with Crippen LogP contribution in [0.4, 0.5) is 0 Å². The summed E-state index contributed by atoms with van der Waals surface area (Å²) in [6.07, 6.45) is 2.74. The largest absolute Gasteiger partial charge is 0.329 e. The van der Waals surface area contributed by atoms with Crippen molar-refractivity contribution in [3.8, 4) is 0 Å². The second kappa shape index (κ2) is 7.39. The van der Waals surface area contributed by atoms with Gasteiger partial charge in [0.1, 0.15) is 0 Å². The Hall–Kier alpha value is -1.42. The summed E-state index contributed by atoms with van der Waals surface area (Å²) in [5.41, 5.74) is 8.18. The molecule has 1 atom stereocenters. The third-order valence-electron chi connectivity index (χ3n) is 3.44. The monoisotopic (exact) mass is 289 g/mol. The van der Waals surface area contributed by atoms with E-state index < -0.39 is 0 Å². The molecule has 1 unspecified atom stereocenters. The molecular formula is C16H20ClN3. The Morgan fingerprint density at radius 1 is 1.25 bits per heavy atom.